The molecular weight excluding hydrogens is 260 g/mol. The van der Waals surface area contributed by atoms with Crippen LogP contribution in [0, 0.1) is 6.92 Å². The third kappa shape index (κ3) is 3.58. The monoisotopic (exact) mass is 292 g/mol. The minimum Gasteiger partial charge on any atom is -0.497 e. The van der Waals surface area contributed by atoms with Crippen LogP contribution in [0.5, 0.6) is 5.75 Å². The summed E-state index contributed by atoms with van der Waals surface area (Å²) >= 11 is 0. The van der Waals surface area contributed by atoms with E-state index >= 15 is 0 Å². The summed E-state index contributed by atoms with van der Waals surface area (Å²) in [6.07, 6.45) is 2.22. The van der Waals surface area contributed by atoms with Gasteiger partial charge >= 0.3 is 0 Å². The molecule has 1 unspecified atom stereocenters. The van der Waals surface area contributed by atoms with Crippen molar-refractivity contribution in [3.05, 3.63) is 29.3 Å². The van der Waals surface area contributed by atoms with Gasteiger partial charge in [-0.2, -0.15) is 0 Å². The number of hydrogen-bond acceptors (Lipinski definition) is 3. The molecule has 120 valence electrons. The third-order valence-electron chi connectivity index (χ3n) is 4.85. The van der Waals surface area contributed by atoms with Crippen molar-refractivity contribution in [2.24, 2.45) is 0 Å². The maximum atomic E-state index is 5.34. The van der Waals surface area contributed by atoms with Gasteiger partial charge in [0, 0.05) is 5.54 Å². The summed E-state index contributed by atoms with van der Waals surface area (Å²) in [5.41, 5.74) is 2.78. The molecule has 0 saturated heterocycles. The highest BCUT2D eigenvalue weighted by Crippen LogP contribution is 2.38. The standard InChI is InChI=1S/C18H32N2O/c1-8-18(9-2,20(5)6)17(19-10-3)16-12-11-15(21-7)13-14(16)4/h11-13,17,19H,8-10H2,1-7H3. The molecule has 0 saturated carbocycles. The highest BCUT2D eigenvalue weighted by Gasteiger charge is 2.38. The number of likely N-dealkylation sites (N-methyl/N-ethyl adjacent to an activating group) is 2. The predicted octanol–water partition coefficient (Wildman–Crippen LogP) is 3.77. The second-order valence-corrected chi connectivity index (χ2v) is 5.92. The molecule has 0 radical (unpaired) electrons. The van der Waals surface area contributed by atoms with Crippen LogP contribution >= 0.6 is 0 Å². The summed E-state index contributed by atoms with van der Waals surface area (Å²) in [7, 11) is 6.10. The number of ether oxygens (including phenoxy) is 1. The van der Waals surface area contributed by atoms with E-state index < -0.39 is 0 Å². The Hall–Kier alpha value is -1.06. The fourth-order valence-electron chi connectivity index (χ4n) is 3.44. The molecule has 0 aliphatic rings. The number of benzene rings is 1. The molecule has 3 heteroatoms. The van der Waals surface area contributed by atoms with Gasteiger partial charge in [0.2, 0.25) is 0 Å². The lowest BCUT2D eigenvalue weighted by molar-refractivity contribution is 0.0886. The Labute approximate surface area is 130 Å². The SMILES string of the molecule is CCNC(c1ccc(OC)cc1C)C(CC)(CC)N(C)C. The highest BCUT2D eigenvalue weighted by molar-refractivity contribution is 5.38. The van der Waals surface area contributed by atoms with Crippen molar-refractivity contribution >= 4 is 0 Å². The Morgan fingerprint density at radius 2 is 1.81 bits per heavy atom. The third-order valence-corrected chi connectivity index (χ3v) is 4.85. The van der Waals surface area contributed by atoms with Crippen molar-refractivity contribution in [2.75, 3.05) is 27.7 Å². The lowest BCUT2D eigenvalue weighted by Gasteiger charge is -2.46. The Bertz CT molecular complexity index is 439. The van der Waals surface area contributed by atoms with Crippen molar-refractivity contribution in [2.45, 2.75) is 52.1 Å². The van der Waals surface area contributed by atoms with Crippen LogP contribution in [0.1, 0.15) is 50.8 Å². The van der Waals surface area contributed by atoms with Crippen LogP contribution in [0.3, 0.4) is 0 Å². The Morgan fingerprint density at radius 1 is 1.19 bits per heavy atom. The van der Waals surface area contributed by atoms with E-state index in [1.54, 1.807) is 7.11 Å². The first kappa shape index (κ1) is 18.0. The van der Waals surface area contributed by atoms with Crippen LogP contribution in [0.2, 0.25) is 0 Å². The molecular formula is C18H32N2O. The zero-order chi connectivity index (χ0) is 16.0. The number of nitrogens with zero attached hydrogens (tertiary/aromatic N) is 1. The van der Waals surface area contributed by atoms with Gasteiger partial charge in [0.15, 0.2) is 0 Å². The van der Waals surface area contributed by atoms with Crippen LogP contribution < -0.4 is 10.1 Å². The van der Waals surface area contributed by atoms with Crippen molar-refractivity contribution in [1.82, 2.24) is 10.2 Å². The van der Waals surface area contributed by atoms with Crippen molar-refractivity contribution in [3.63, 3.8) is 0 Å². The summed E-state index contributed by atoms with van der Waals surface area (Å²) in [4.78, 5) is 2.38. The summed E-state index contributed by atoms with van der Waals surface area (Å²) in [5.74, 6) is 0.926. The first-order valence-electron chi connectivity index (χ1n) is 8.02. The highest BCUT2D eigenvalue weighted by atomic mass is 16.5. The summed E-state index contributed by atoms with van der Waals surface area (Å²) in [6, 6.07) is 6.73. The molecule has 1 aromatic carbocycles. The fourth-order valence-corrected chi connectivity index (χ4v) is 3.44. The minimum atomic E-state index is 0.120. The Balaban J connectivity index is 3.34. The molecule has 0 heterocycles. The molecule has 0 amide bonds. The van der Waals surface area contributed by atoms with Gasteiger partial charge in [0.25, 0.3) is 0 Å². The second kappa shape index (κ2) is 7.81. The second-order valence-electron chi connectivity index (χ2n) is 5.92. The van der Waals surface area contributed by atoms with Gasteiger partial charge in [-0.3, -0.25) is 0 Å². The van der Waals surface area contributed by atoms with E-state index in [1.807, 2.05) is 0 Å². The van der Waals surface area contributed by atoms with Crippen molar-refractivity contribution < 1.29 is 4.74 Å². The fraction of sp³-hybridized carbons (Fsp3) is 0.667. The molecule has 1 N–H and O–H groups in total. The number of methoxy groups -OCH3 is 1. The van der Waals surface area contributed by atoms with E-state index in [0.717, 1.165) is 25.1 Å². The number of aryl methyl sites for hydroxylation is 1. The molecule has 0 aliphatic heterocycles. The van der Waals surface area contributed by atoms with Gasteiger partial charge in [-0.25, -0.2) is 0 Å². The van der Waals surface area contributed by atoms with E-state index in [2.05, 4.69) is 70.2 Å². The Kier molecular flexibility index (Phi) is 6.69. The number of nitrogens with one attached hydrogen (secondary N) is 1. The van der Waals surface area contributed by atoms with Crippen LogP contribution in [0.4, 0.5) is 0 Å². The number of hydrogen-bond donors (Lipinski definition) is 1. The summed E-state index contributed by atoms with van der Waals surface area (Å²) in [5, 5.41) is 3.72. The van der Waals surface area contributed by atoms with Gasteiger partial charge in [-0.15, -0.1) is 0 Å². The molecule has 0 spiro atoms. The lowest BCUT2D eigenvalue weighted by Crippen LogP contribution is -2.53. The van der Waals surface area contributed by atoms with E-state index in [4.69, 9.17) is 4.74 Å². The smallest absolute Gasteiger partial charge is 0.119 e. The molecule has 1 atom stereocenters. The van der Waals surface area contributed by atoms with Crippen molar-refractivity contribution in [3.8, 4) is 5.75 Å². The van der Waals surface area contributed by atoms with Gasteiger partial charge in [0.05, 0.1) is 13.2 Å². The van der Waals surface area contributed by atoms with E-state index in [9.17, 15) is 0 Å². The molecule has 1 aromatic rings. The molecule has 1 rings (SSSR count). The van der Waals surface area contributed by atoms with Crippen LogP contribution in [0.15, 0.2) is 18.2 Å². The molecule has 0 fully saturated rings. The topological polar surface area (TPSA) is 24.5 Å². The minimum absolute atomic E-state index is 0.120. The van der Waals surface area contributed by atoms with E-state index in [0.29, 0.717) is 6.04 Å². The van der Waals surface area contributed by atoms with Gasteiger partial charge < -0.3 is 15.0 Å². The lowest BCUT2D eigenvalue weighted by atomic mass is 9.78. The summed E-state index contributed by atoms with van der Waals surface area (Å²) in [6.45, 7) is 9.89. The maximum Gasteiger partial charge on any atom is 0.119 e. The number of rotatable bonds is 8. The van der Waals surface area contributed by atoms with Crippen LogP contribution in [-0.2, 0) is 0 Å². The van der Waals surface area contributed by atoms with Crippen LogP contribution in [-0.4, -0.2) is 38.2 Å². The van der Waals surface area contributed by atoms with Gasteiger partial charge in [-0.1, -0.05) is 26.8 Å². The molecule has 0 aliphatic carbocycles. The van der Waals surface area contributed by atoms with E-state index in [-0.39, 0.29) is 5.54 Å². The van der Waals surface area contributed by atoms with Crippen molar-refractivity contribution in [1.29, 1.82) is 0 Å². The molecule has 21 heavy (non-hydrogen) atoms. The van der Waals surface area contributed by atoms with Gasteiger partial charge in [-0.05, 0) is 63.7 Å². The molecule has 0 bridgehead atoms. The Morgan fingerprint density at radius 3 is 2.19 bits per heavy atom. The van der Waals surface area contributed by atoms with E-state index in [1.165, 1.54) is 11.1 Å². The first-order chi connectivity index (χ1) is 9.96. The summed E-state index contributed by atoms with van der Waals surface area (Å²) < 4.78 is 5.34. The normalized spacial score (nSPS) is 13.5. The average molecular weight is 292 g/mol. The molecule has 3 nitrogen and oxygen atoms in total. The quantitative estimate of drug-likeness (QED) is 0.789. The zero-order valence-corrected chi connectivity index (χ0v) is 14.8. The average Bonchev–Trinajstić information content (AvgIpc) is 2.47. The molecule has 0 aromatic heterocycles. The van der Waals surface area contributed by atoms with Crippen LogP contribution in [0.25, 0.3) is 0 Å². The van der Waals surface area contributed by atoms with Gasteiger partial charge in [0.1, 0.15) is 5.75 Å². The largest absolute Gasteiger partial charge is 0.497 e. The predicted molar refractivity (Wildman–Crippen MR) is 91.1 cm³/mol. The zero-order valence-electron chi connectivity index (χ0n) is 14.8. The maximum absolute atomic E-state index is 5.34. The first-order valence-corrected chi connectivity index (χ1v) is 8.02.